The molecule has 0 amide bonds. The van der Waals surface area contributed by atoms with Crippen molar-refractivity contribution in [3.8, 4) is 28.6 Å². The fraction of sp³-hybridized carbons (Fsp3) is 0.158. The molecule has 1 aromatic heterocycles. The van der Waals surface area contributed by atoms with Crippen molar-refractivity contribution in [2.24, 2.45) is 5.10 Å². The molecular weight excluding hydrogens is 396 g/mol. The van der Waals surface area contributed by atoms with E-state index in [1.165, 1.54) is 38.1 Å². The second-order valence-electron chi connectivity index (χ2n) is 5.75. The van der Waals surface area contributed by atoms with E-state index in [0.717, 1.165) is 0 Å². The highest BCUT2D eigenvalue weighted by Crippen LogP contribution is 2.40. The first kappa shape index (κ1) is 20.1. The van der Waals surface area contributed by atoms with E-state index < -0.39 is 5.97 Å². The van der Waals surface area contributed by atoms with E-state index in [9.17, 15) is 4.79 Å². The minimum absolute atomic E-state index is 0.195. The molecule has 2 aromatic carbocycles. The Morgan fingerprint density at radius 3 is 2.28 bits per heavy atom. The summed E-state index contributed by atoms with van der Waals surface area (Å²) in [7, 11) is 4.57. The van der Waals surface area contributed by atoms with Gasteiger partial charge in [-0.05, 0) is 42.0 Å². The molecule has 0 aliphatic carbocycles. The lowest BCUT2D eigenvalue weighted by Gasteiger charge is -2.13. The average molecular weight is 414 g/mol. The van der Waals surface area contributed by atoms with Crippen LogP contribution in [0.5, 0.6) is 17.2 Å². The third-order valence-electron chi connectivity index (χ3n) is 4.05. The lowest BCUT2D eigenvalue weighted by atomic mass is 10.1. The Morgan fingerprint density at radius 2 is 1.76 bits per heavy atom. The molecule has 0 aliphatic rings. The van der Waals surface area contributed by atoms with Crippen LogP contribution in [0.15, 0.2) is 41.5 Å². The van der Waals surface area contributed by atoms with Gasteiger partial charge in [0.25, 0.3) is 0 Å². The van der Waals surface area contributed by atoms with Gasteiger partial charge in [-0.2, -0.15) is 14.9 Å². The van der Waals surface area contributed by atoms with Crippen LogP contribution in [0.1, 0.15) is 15.9 Å². The normalized spacial score (nSPS) is 10.9. The zero-order chi connectivity index (χ0) is 21.0. The van der Waals surface area contributed by atoms with Gasteiger partial charge in [-0.3, -0.25) is 0 Å². The van der Waals surface area contributed by atoms with Gasteiger partial charge in [0.15, 0.2) is 17.3 Å². The number of benzene rings is 2. The number of aromatic amines is 1. The van der Waals surface area contributed by atoms with Crippen LogP contribution in [0.3, 0.4) is 0 Å². The van der Waals surface area contributed by atoms with Crippen LogP contribution in [0, 0.1) is 4.77 Å². The van der Waals surface area contributed by atoms with Gasteiger partial charge in [0.1, 0.15) is 0 Å². The predicted octanol–water partition coefficient (Wildman–Crippen LogP) is 3.21. The molecule has 150 valence electrons. The first-order valence-electron chi connectivity index (χ1n) is 8.34. The minimum atomic E-state index is -0.991. The average Bonchev–Trinajstić information content (AvgIpc) is 3.11. The number of ether oxygens (including phenoxy) is 3. The van der Waals surface area contributed by atoms with E-state index >= 15 is 0 Å². The van der Waals surface area contributed by atoms with Crippen LogP contribution in [-0.4, -0.2) is 53.5 Å². The summed E-state index contributed by atoms with van der Waals surface area (Å²) >= 11 is 5.28. The summed E-state index contributed by atoms with van der Waals surface area (Å²) in [5.74, 6) is 0.843. The molecule has 0 unspecified atom stereocenters. The van der Waals surface area contributed by atoms with Crippen LogP contribution >= 0.6 is 12.2 Å². The standard InChI is InChI=1S/C19H18N4O5S/c1-26-14-8-13(9-15(27-2)16(14)28-3)17-21-22-19(29)23(17)20-10-11-4-6-12(7-5-11)18(24)25/h4-10H,1-3H3,(H,22,29)(H,24,25). The summed E-state index contributed by atoms with van der Waals surface area (Å²) < 4.78 is 17.8. The van der Waals surface area contributed by atoms with Crippen molar-refractivity contribution in [1.29, 1.82) is 0 Å². The topological polar surface area (TPSA) is 111 Å². The number of carboxylic acids is 1. The van der Waals surface area contributed by atoms with E-state index in [1.54, 1.807) is 30.5 Å². The summed E-state index contributed by atoms with van der Waals surface area (Å²) in [6.07, 6.45) is 1.55. The van der Waals surface area contributed by atoms with Crippen molar-refractivity contribution < 1.29 is 24.1 Å². The maximum absolute atomic E-state index is 11.0. The van der Waals surface area contributed by atoms with Crippen molar-refractivity contribution >= 4 is 24.4 Å². The van der Waals surface area contributed by atoms with Crippen LogP contribution in [0.25, 0.3) is 11.4 Å². The van der Waals surface area contributed by atoms with Crippen LogP contribution in [0.2, 0.25) is 0 Å². The molecule has 0 aliphatic heterocycles. The Bertz CT molecular complexity index is 1090. The van der Waals surface area contributed by atoms with Gasteiger partial charge >= 0.3 is 5.97 Å². The molecule has 3 aromatic rings. The first-order valence-corrected chi connectivity index (χ1v) is 8.74. The van der Waals surface area contributed by atoms with Gasteiger partial charge in [-0.25, -0.2) is 9.89 Å². The Balaban J connectivity index is 2.02. The molecule has 0 saturated heterocycles. The Labute approximate surface area is 171 Å². The van der Waals surface area contributed by atoms with E-state index in [4.69, 9.17) is 31.5 Å². The number of hydrogen-bond donors (Lipinski definition) is 2. The van der Waals surface area contributed by atoms with E-state index in [-0.39, 0.29) is 10.3 Å². The zero-order valence-corrected chi connectivity index (χ0v) is 16.7. The second-order valence-corrected chi connectivity index (χ2v) is 6.14. The Kier molecular flexibility index (Phi) is 5.93. The number of carbonyl (C=O) groups is 1. The molecule has 3 rings (SSSR count). The summed E-state index contributed by atoms with van der Waals surface area (Å²) in [6.45, 7) is 0. The van der Waals surface area contributed by atoms with Crippen LogP contribution in [0.4, 0.5) is 0 Å². The molecule has 0 radical (unpaired) electrons. The fourth-order valence-corrected chi connectivity index (χ4v) is 2.81. The fourth-order valence-electron chi connectivity index (χ4n) is 2.63. The SMILES string of the molecule is COc1cc(-c2n[nH]c(=S)n2N=Cc2ccc(C(=O)O)cc2)cc(OC)c1OC. The zero-order valence-electron chi connectivity index (χ0n) is 15.9. The molecule has 0 atom stereocenters. The molecular formula is C19H18N4O5S. The number of methoxy groups -OCH3 is 3. The summed E-state index contributed by atoms with van der Waals surface area (Å²) in [5, 5.41) is 20.3. The number of aromatic nitrogens is 3. The number of aromatic carboxylic acids is 1. The van der Waals surface area contributed by atoms with Crippen molar-refractivity contribution in [3.05, 3.63) is 52.3 Å². The molecule has 29 heavy (non-hydrogen) atoms. The largest absolute Gasteiger partial charge is 0.493 e. The van der Waals surface area contributed by atoms with Gasteiger partial charge in [0.05, 0.1) is 33.1 Å². The Morgan fingerprint density at radius 1 is 1.14 bits per heavy atom. The monoisotopic (exact) mass is 414 g/mol. The molecule has 1 heterocycles. The third kappa shape index (κ3) is 4.11. The number of hydrogen-bond acceptors (Lipinski definition) is 7. The first-order chi connectivity index (χ1) is 14.0. The highest BCUT2D eigenvalue weighted by Gasteiger charge is 2.17. The molecule has 10 heteroatoms. The van der Waals surface area contributed by atoms with E-state index in [0.29, 0.717) is 34.2 Å². The predicted molar refractivity (Wildman–Crippen MR) is 109 cm³/mol. The van der Waals surface area contributed by atoms with E-state index in [1.807, 2.05) is 0 Å². The van der Waals surface area contributed by atoms with Gasteiger partial charge < -0.3 is 19.3 Å². The van der Waals surface area contributed by atoms with Gasteiger partial charge in [-0.1, -0.05) is 12.1 Å². The number of carboxylic acid groups (broad SMARTS) is 1. The van der Waals surface area contributed by atoms with Gasteiger partial charge in [0, 0.05) is 5.56 Å². The quantitative estimate of drug-likeness (QED) is 0.451. The minimum Gasteiger partial charge on any atom is -0.493 e. The molecule has 0 bridgehead atoms. The van der Waals surface area contributed by atoms with Gasteiger partial charge in [-0.15, -0.1) is 0 Å². The molecule has 0 spiro atoms. The summed E-state index contributed by atoms with van der Waals surface area (Å²) in [5.41, 5.74) is 1.54. The van der Waals surface area contributed by atoms with Crippen molar-refractivity contribution in [1.82, 2.24) is 14.9 Å². The highest BCUT2D eigenvalue weighted by atomic mass is 32.1. The summed E-state index contributed by atoms with van der Waals surface area (Å²) in [6, 6.07) is 9.77. The number of nitrogens with one attached hydrogen (secondary N) is 1. The van der Waals surface area contributed by atoms with E-state index in [2.05, 4.69) is 15.3 Å². The smallest absolute Gasteiger partial charge is 0.335 e. The molecule has 0 fully saturated rings. The molecule has 2 N–H and O–H groups in total. The maximum atomic E-state index is 11.0. The molecule has 9 nitrogen and oxygen atoms in total. The second kappa shape index (κ2) is 8.57. The lowest BCUT2D eigenvalue weighted by Crippen LogP contribution is -1.99. The third-order valence-corrected chi connectivity index (χ3v) is 4.32. The van der Waals surface area contributed by atoms with Crippen molar-refractivity contribution in [2.45, 2.75) is 0 Å². The van der Waals surface area contributed by atoms with Crippen molar-refractivity contribution in [3.63, 3.8) is 0 Å². The Hall–Kier alpha value is -3.66. The van der Waals surface area contributed by atoms with Crippen LogP contribution < -0.4 is 14.2 Å². The summed E-state index contributed by atoms with van der Waals surface area (Å²) in [4.78, 5) is 11.0. The maximum Gasteiger partial charge on any atom is 0.335 e. The number of H-pyrrole nitrogens is 1. The highest BCUT2D eigenvalue weighted by molar-refractivity contribution is 7.71. The van der Waals surface area contributed by atoms with Gasteiger partial charge in [0.2, 0.25) is 10.5 Å². The van der Waals surface area contributed by atoms with Crippen LogP contribution in [-0.2, 0) is 0 Å². The lowest BCUT2D eigenvalue weighted by molar-refractivity contribution is 0.0697. The van der Waals surface area contributed by atoms with Crippen molar-refractivity contribution in [2.75, 3.05) is 21.3 Å². The number of rotatable bonds is 7. The number of nitrogens with zero attached hydrogens (tertiary/aromatic N) is 3. The molecule has 0 saturated carbocycles.